The van der Waals surface area contributed by atoms with E-state index in [0.717, 1.165) is 19.4 Å². The van der Waals surface area contributed by atoms with Crippen LogP contribution in [0, 0.1) is 0 Å². The lowest BCUT2D eigenvalue weighted by atomic mass is 10.1. The van der Waals surface area contributed by atoms with Gasteiger partial charge in [0, 0.05) is 19.3 Å². The highest BCUT2D eigenvalue weighted by Gasteiger charge is 2.18. The van der Waals surface area contributed by atoms with Gasteiger partial charge in [0.15, 0.2) is 0 Å². The highest BCUT2D eigenvalue weighted by Crippen LogP contribution is 2.17. The molecule has 25 heavy (non-hydrogen) atoms. The van der Waals surface area contributed by atoms with Gasteiger partial charge in [-0.1, -0.05) is 23.7 Å². The third-order valence-corrected chi connectivity index (χ3v) is 4.15. The molecule has 3 rings (SSSR count). The van der Waals surface area contributed by atoms with Gasteiger partial charge in [0.25, 0.3) is 11.8 Å². The summed E-state index contributed by atoms with van der Waals surface area (Å²) < 4.78 is 5.50. The van der Waals surface area contributed by atoms with E-state index in [0.29, 0.717) is 28.5 Å². The molecule has 1 aromatic carbocycles. The van der Waals surface area contributed by atoms with Gasteiger partial charge in [-0.15, -0.1) is 0 Å². The van der Waals surface area contributed by atoms with Crippen LogP contribution in [0.2, 0.25) is 5.15 Å². The highest BCUT2D eigenvalue weighted by atomic mass is 35.5. The molecule has 6 nitrogen and oxygen atoms in total. The summed E-state index contributed by atoms with van der Waals surface area (Å²) in [6.45, 7) is 1.20. The van der Waals surface area contributed by atoms with Crippen LogP contribution < -0.4 is 10.6 Å². The number of hydrogen-bond acceptors (Lipinski definition) is 4. The molecule has 0 saturated carbocycles. The Balaban J connectivity index is 1.68. The van der Waals surface area contributed by atoms with Crippen molar-refractivity contribution in [1.29, 1.82) is 0 Å². The molecule has 1 atom stereocenters. The van der Waals surface area contributed by atoms with E-state index in [1.54, 1.807) is 30.3 Å². The summed E-state index contributed by atoms with van der Waals surface area (Å²) in [5.41, 5.74) is 1.20. The Morgan fingerprint density at radius 2 is 2.04 bits per heavy atom. The van der Waals surface area contributed by atoms with E-state index >= 15 is 0 Å². The number of nitrogens with one attached hydrogen (secondary N) is 2. The first-order chi connectivity index (χ1) is 12.1. The number of amides is 2. The Morgan fingerprint density at radius 3 is 2.76 bits per heavy atom. The fraction of sp³-hybridized carbons (Fsp3) is 0.278. The van der Waals surface area contributed by atoms with Crippen LogP contribution >= 0.6 is 11.6 Å². The molecule has 0 aliphatic carbocycles. The van der Waals surface area contributed by atoms with E-state index in [1.165, 1.54) is 12.3 Å². The minimum atomic E-state index is -0.358. The zero-order chi connectivity index (χ0) is 17.6. The van der Waals surface area contributed by atoms with E-state index in [1.807, 2.05) is 0 Å². The fourth-order valence-electron chi connectivity index (χ4n) is 2.60. The maximum atomic E-state index is 12.4. The van der Waals surface area contributed by atoms with Gasteiger partial charge in [-0.25, -0.2) is 4.98 Å². The van der Waals surface area contributed by atoms with Gasteiger partial charge in [-0.2, -0.15) is 0 Å². The van der Waals surface area contributed by atoms with Crippen molar-refractivity contribution in [2.75, 3.05) is 18.5 Å². The number of aromatic nitrogens is 1. The Kier molecular flexibility index (Phi) is 5.63. The molecule has 1 unspecified atom stereocenters. The van der Waals surface area contributed by atoms with Gasteiger partial charge in [-0.05, 0) is 37.1 Å². The molecule has 0 radical (unpaired) electrons. The van der Waals surface area contributed by atoms with Crippen molar-refractivity contribution in [3.8, 4) is 0 Å². The number of anilines is 1. The molecule has 1 saturated heterocycles. The predicted octanol–water partition coefficient (Wildman–Crippen LogP) is 2.90. The zero-order valence-corrected chi connectivity index (χ0v) is 14.3. The largest absolute Gasteiger partial charge is 0.376 e. The zero-order valence-electron chi connectivity index (χ0n) is 13.5. The van der Waals surface area contributed by atoms with Crippen LogP contribution in [0.5, 0.6) is 0 Å². The molecule has 1 aromatic heterocycles. The summed E-state index contributed by atoms with van der Waals surface area (Å²) in [7, 11) is 0. The maximum Gasteiger partial charge on any atom is 0.257 e. The van der Waals surface area contributed by atoms with Crippen molar-refractivity contribution < 1.29 is 14.3 Å². The van der Waals surface area contributed by atoms with Gasteiger partial charge in [0.1, 0.15) is 5.15 Å². The average Bonchev–Trinajstić information content (AvgIpc) is 3.14. The minimum absolute atomic E-state index is 0.0610. The molecule has 1 fully saturated rings. The topological polar surface area (TPSA) is 80.3 Å². The van der Waals surface area contributed by atoms with Crippen LogP contribution in [0.3, 0.4) is 0 Å². The molecule has 0 spiro atoms. The lowest BCUT2D eigenvalue weighted by Crippen LogP contribution is -2.32. The normalized spacial score (nSPS) is 16.4. The molecule has 130 valence electrons. The number of para-hydroxylation sites is 1. The van der Waals surface area contributed by atoms with Crippen molar-refractivity contribution in [1.82, 2.24) is 10.3 Å². The first kappa shape index (κ1) is 17.4. The summed E-state index contributed by atoms with van der Waals surface area (Å²) in [5, 5.41) is 5.91. The monoisotopic (exact) mass is 359 g/mol. The molecule has 2 N–H and O–H groups in total. The molecule has 1 aliphatic rings. The van der Waals surface area contributed by atoms with Gasteiger partial charge in [0.2, 0.25) is 0 Å². The highest BCUT2D eigenvalue weighted by molar-refractivity contribution is 6.29. The quantitative estimate of drug-likeness (QED) is 0.804. The second kappa shape index (κ2) is 8.09. The summed E-state index contributed by atoms with van der Waals surface area (Å²) >= 11 is 5.73. The number of nitrogens with zero attached hydrogens (tertiary/aromatic N) is 1. The van der Waals surface area contributed by atoms with Crippen LogP contribution in [0.1, 0.15) is 33.6 Å². The molecule has 2 amide bonds. The molecule has 2 heterocycles. The van der Waals surface area contributed by atoms with Crippen molar-refractivity contribution in [2.24, 2.45) is 0 Å². The lowest BCUT2D eigenvalue weighted by Gasteiger charge is -2.13. The van der Waals surface area contributed by atoms with E-state index in [4.69, 9.17) is 16.3 Å². The number of carbonyl (C=O) groups excluding carboxylic acids is 2. The molecule has 1 aliphatic heterocycles. The number of pyridine rings is 1. The third kappa shape index (κ3) is 4.55. The molecule has 7 heteroatoms. The Bertz CT molecular complexity index is 758. The van der Waals surface area contributed by atoms with Gasteiger partial charge >= 0.3 is 0 Å². The van der Waals surface area contributed by atoms with Crippen LogP contribution in [-0.4, -0.2) is 36.1 Å². The lowest BCUT2D eigenvalue weighted by molar-refractivity contribution is 0.0858. The van der Waals surface area contributed by atoms with E-state index < -0.39 is 0 Å². The number of carbonyl (C=O) groups is 2. The van der Waals surface area contributed by atoms with E-state index in [2.05, 4.69) is 15.6 Å². The molecule has 0 bridgehead atoms. The number of benzene rings is 1. The van der Waals surface area contributed by atoms with Gasteiger partial charge in [-0.3, -0.25) is 9.59 Å². The van der Waals surface area contributed by atoms with Crippen molar-refractivity contribution in [3.63, 3.8) is 0 Å². The van der Waals surface area contributed by atoms with Gasteiger partial charge in [0.05, 0.1) is 22.9 Å². The Hall–Kier alpha value is -2.44. The SMILES string of the molecule is O=C(Nc1ccccc1C(=O)NCC1CCCO1)c1ccc(Cl)nc1. The summed E-state index contributed by atoms with van der Waals surface area (Å²) in [4.78, 5) is 28.6. The van der Waals surface area contributed by atoms with Crippen molar-refractivity contribution in [2.45, 2.75) is 18.9 Å². The van der Waals surface area contributed by atoms with E-state index in [-0.39, 0.29) is 17.9 Å². The van der Waals surface area contributed by atoms with Crippen LogP contribution in [0.15, 0.2) is 42.6 Å². The smallest absolute Gasteiger partial charge is 0.257 e. The number of rotatable bonds is 5. The maximum absolute atomic E-state index is 12.4. The first-order valence-corrected chi connectivity index (χ1v) is 8.43. The number of hydrogen-bond donors (Lipinski definition) is 2. The summed E-state index contributed by atoms with van der Waals surface area (Å²) in [6, 6.07) is 9.97. The molecule has 2 aromatic rings. The van der Waals surface area contributed by atoms with Crippen LogP contribution in [0.25, 0.3) is 0 Å². The minimum Gasteiger partial charge on any atom is -0.376 e. The molecular formula is C18H18ClN3O3. The average molecular weight is 360 g/mol. The fourth-order valence-corrected chi connectivity index (χ4v) is 2.71. The summed E-state index contributed by atoms with van der Waals surface area (Å²) in [5.74, 6) is -0.607. The Labute approximate surface area is 150 Å². The van der Waals surface area contributed by atoms with Crippen molar-refractivity contribution >= 4 is 29.1 Å². The second-order valence-corrected chi connectivity index (χ2v) is 6.10. The standard InChI is InChI=1S/C18H18ClN3O3/c19-16-8-7-12(10-20-16)17(23)22-15-6-2-1-5-14(15)18(24)21-11-13-4-3-9-25-13/h1-2,5-8,10,13H,3-4,9,11H2,(H,21,24)(H,22,23). The first-order valence-electron chi connectivity index (χ1n) is 8.05. The van der Waals surface area contributed by atoms with Crippen LogP contribution in [0.4, 0.5) is 5.69 Å². The number of ether oxygens (including phenoxy) is 1. The second-order valence-electron chi connectivity index (χ2n) is 5.71. The van der Waals surface area contributed by atoms with Crippen LogP contribution in [-0.2, 0) is 4.74 Å². The van der Waals surface area contributed by atoms with E-state index in [9.17, 15) is 9.59 Å². The predicted molar refractivity (Wildman–Crippen MR) is 94.9 cm³/mol. The number of halogens is 1. The van der Waals surface area contributed by atoms with Gasteiger partial charge < -0.3 is 15.4 Å². The van der Waals surface area contributed by atoms with Crippen molar-refractivity contribution in [3.05, 3.63) is 58.9 Å². The summed E-state index contributed by atoms with van der Waals surface area (Å²) in [6.07, 6.45) is 3.41. The Morgan fingerprint density at radius 1 is 1.20 bits per heavy atom. The molecular weight excluding hydrogens is 342 g/mol. The third-order valence-electron chi connectivity index (χ3n) is 3.92.